The van der Waals surface area contributed by atoms with E-state index in [9.17, 15) is 9.18 Å². The maximum absolute atomic E-state index is 13.3. The zero-order valence-corrected chi connectivity index (χ0v) is 13.0. The highest BCUT2D eigenvalue weighted by atomic mass is 35.5. The standard InChI is InChI=1S/C14H15ClFN3OS/c1-2-5-17-13-11(6-9(16)7-18-13)14(20)19-8-10-3-4-12(15)21-10/h3-4,6-7H,2,5,8H2,1H3,(H,17,18)(H,19,20). The number of nitrogens with zero attached hydrogens (tertiary/aromatic N) is 1. The molecule has 0 bridgehead atoms. The lowest BCUT2D eigenvalue weighted by Crippen LogP contribution is -2.24. The fourth-order valence-electron chi connectivity index (χ4n) is 1.71. The zero-order valence-electron chi connectivity index (χ0n) is 11.5. The van der Waals surface area contributed by atoms with Crippen LogP contribution in [-0.4, -0.2) is 17.4 Å². The summed E-state index contributed by atoms with van der Waals surface area (Å²) >= 11 is 7.22. The molecule has 2 N–H and O–H groups in total. The Bertz CT molecular complexity index is 632. The van der Waals surface area contributed by atoms with E-state index in [1.54, 1.807) is 6.07 Å². The first-order chi connectivity index (χ1) is 10.1. The highest BCUT2D eigenvalue weighted by molar-refractivity contribution is 7.16. The minimum Gasteiger partial charge on any atom is -0.369 e. The Balaban J connectivity index is 2.08. The van der Waals surface area contributed by atoms with E-state index in [-0.39, 0.29) is 11.5 Å². The minimum absolute atomic E-state index is 0.200. The summed E-state index contributed by atoms with van der Waals surface area (Å²) in [5, 5.41) is 5.76. The van der Waals surface area contributed by atoms with Crippen LogP contribution in [0.5, 0.6) is 0 Å². The van der Waals surface area contributed by atoms with Gasteiger partial charge in [0.25, 0.3) is 5.91 Å². The second-order valence-electron chi connectivity index (χ2n) is 4.36. The SMILES string of the molecule is CCCNc1ncc(F)cc1C(=O)NCc1ccc(Cl)s1. The summed E-state index contributed by atoms with van der Waals surface area (Å²) in [7, 11) is 0. The maximum atomic E-state index is 13.3. The Kier molecular flexibility index (Phi) is 5.52. The summed E-state index contributed by atoms with van der Waals surface area (Å²) in [6, 6.07) is 4.79. The predicted octanol–water partition coefficient (Wildman–Crippen LogP) is 3.69. The van der Waals surface area contributed by atoms with Gasteiger partial charge in [0.1, 0.15) is 11.6 Å². The number of carbonyl (C=O) groups excluding carboxylic acids is 1. The molecular formula is C14H15ClFN3OS. The average Bonchev–Trinajstić information content (AvgIpc) is 2.89. The van der Waals surface area contributed by atoms with Gasteiger partial charge in [0.15, 0.2) is 0 Å². The number of carbonyl (C=O) groups is 1. The number of hydrogen-bond acceptors (Lipinski definition) is 4. The second-order valence-corrected chi connectivity index (χ2v) is 6.16. The van der Waals surface area contributed by atoms with Gasteiger partial charge in [0.05, 0.1) is 22.6 Å². The molecule has 0 unspecified atom stereocenters. The Morgan fingerprint density at radius 3 is 2.95 bits per heavy atom. The lowest BCUT2D eigenvalue weighted by atomic mass is 10.2. The zero-order chi connectivity index (χ0) is 15.2. The molecule has 0 saturated heterocycles. The lowest BCUT2D eigenvalue weighted by molar-refractivity contribution is 0.0951. The largest absolute Gasteiger partial charge is 0.369 e. The van der Waals surface area contributed by atoms with Crippen molar-refractivity contribution in [1.29, 1.82) is 0 Å². The normalized spacial score (nSPS) is 10.4. The first kappa shape index (κ1) is 15.7. The third-order valence-electron chi connectivity index (χ3n) is 2.69. The molecule has 0 aliphatic rings. The van der Waals surface area contributed by atoms with Gasteiger partial charge >= 0.3 is 0 Å². The van der Waals surface area contributed by atoms with Gasteiger partial charge in [-0.15, -0.1) is 11.3 Å². The molecule has 2 aromatic heterocycles. The maximum Gasteiger partial charge on any atom is 0.255 e. The van der Waals surface area contributed by atoms with Crippen LogP contribution in [0.25, 0.3) is 0 Å². The van der Waals surface area contributed by atoms with Crippen molar-refractivity contribution in [2.24, 2.45) is 0 Å². The van der Waals surface area contributed by atoms with Crippen molar-refractivity contribution in [1.82, 2.24) is 10.3 Å². The monoisotopic (exact) mass is 327 g/mol. The minimum atomic E-state index is -0.540. The highest BCUT2D eigenvalue weighted by Crippen LogP contribution is 2.21. The van der Waals surface area contributed by atoms with Crippen LogP contribution < -0.4 is 10.6 Å². The number of rotatable bonds is 6. The molecule has 2 aromatic rings. The van der Waals surface area contributed by atoms with Crippen molar-refractivity contribution in [2.45, 2.75) is 19.9 Å². The number of thiophene rings is 1. The molecule has 0 radical (unpaired) electrons. The van der Waals surface area contributed by atoms with E-state index in [0.717, 1.165) is 17.5 Å². The van der Waals surface area contributed by atoms with Gasteiger partial charge in [-0.2, -0.15) is 0 Å². The summed E-state index contributed by atoms with van der Waals surface area (Å²) < 4.78 is 14.0. The summed E-state index contributed by atoms with van der Waals surface area (Å²) in [6.45, 7) is 3.01. The van der Waals surface area contributed by atoms with Gasteiger partial charge in [-0.25, -0.2) is 9.37 Å². The van der Waals surface area contributed by atoms with Gasteiger partial charge < -0.3 is 10.6 Å². The van der Waals surface area contributed by atoms with E-state index in [2.05, 4.69) is 15.6 Å². The third-order valence-corrected chi connectivity index (χ3v) is 3.92. The van der Waals surface area contributed by atoms with E-state index >= 15 is 0 Å². The molecule has 1 amide bonds. The fraction of sp³-hybridized carbons (Fsp3) is 0.286. The van der Waals surface area contributed by atoms with Crippen molar-refractivity contribution in [3.05, 3.63) is 45.0 Å². The summed E-state index contributed by atoms with van der Waals surface area (Å²) in [6.07, 6.45) is 1.97. The van der Waals surface area contributed by atoms with Crippen LogP contribution in [0.2, 0.25) is 4.34 Å². The second kappa shape index (κ2) is 7.38. The number of nitrogens with one attached hydrogen (secondary N) is 2. The van der Waals surface area contributed by atoms with Crippen molar-refractivity contribution < 1.29 is 9.18 Å². The van der Waals surface area contributed by atoms with E-state index in [0.29, 0.717) is 23.2 Å². The van der Waals surface area contributed by atoms with Crippen molar-refractivity contribution >= 4 is 34.7 Å². The molecule has 0 aromatic carbocycles. The number of pyridine rings is 1. The summed E-state index contributed by atoms with van der Waals surface area (Å²) in [4.78, 5) is 17.0. The molecule has 0 aliphatic heterocycles. The quantitative estimate of drug-likeness (QED) is 0.850. The molecule has 7 heteroatoms. The molecule has 0 atom stereocenters. The molecule has 0 saturated carbocycles. The smallest absolute Gasteiger partial charge is 0.255 e. The lowest BCUT2D eigenvalue weighted by Gasteiger charge is -2.10. The molecule has 4 nitrogen and oxygen atoms in total. The van der Waals surface area contributed by atoms with Gasteiger partial charge in [-0.3, -0.25) is 4.79 Å². The van der Waals surface area contributed by atoms with E-state index in [1.165, 1.54) is 17.4 Å². The van der Waals surface area contributed by atoms with Crippen LogP contribution in [0.1, 0.15) is 28.6 Å². The van der Waals surface area contributed by atoms with Crippen molar-refractivity contribution in [2.75, 3.05) is 11.9 Å². The molecular weight excluding hydrogens is 313 g/mol. The molecule has 2 rings (SSSR count). The number of anilines is 1. The number of halogens is 2. The molecule has 0 aliphatic carbocycles. The van der Waals surface area contributed by atoms with Crippen LogP contribution >= 0.6 is 22.9 Å². The number of aromatic nitrogens is 1. The van der Waals surface area contributed by atoms with E-state index < -0.39 is 5.82 Å². The molecule has 0 fully saturated rings. The number of hydrogen-bond donors (Lipinski definition) is 2. The Labute approximate surface area is 131 Å². The topological polar surface area (TPSA) is 54.0 Å². The summed E-state index contributed by atoms with van der Waals surface area (Å²) in [5.74, 6) is -0.522. The first-order valence-corrected chi connectivity index (χ1v) is 7.71. The Morgan fingerprint density at radius 1 is 1.48 bits per heavy atom. The van der Waals surface area contributed by atoms with Crippen LogP contribution in [0.15, 0.2) is 24.4 Å². The average molecular weight is 328 g/mol. The van der Waals surface area contributed by atoms with Crippen LogP contribution in [0.3, 0.4) is 0 Å². The predicted molar refractivity (Wildman–Crippen MR) is 83.5 cm³/mol. The van der Waals surface area contributed by atoms with E-state index in [1.807, 2.05) is 13.0 Å². The Morgan fingerprint density at radius 2 is 2.29 bits per heavy atom. The van der Waals surface area contributed by atoms with Gasteiger partial charge in [0.2, 0.25) is 0 Å². The fourth-order valence-corrected chi connectivity index (χ4v) is 2.73. The van der Waals surface area contributed by atoms with Crippen molar-refractivity contribution in [3.63, 3.8) is 0 Å². The highest BCUT2D eigenvalue weighted by Gasteiger charge is 2.14. The molecule has 2 heterocycles. The van der Waals surface area contributed by atoms with Gasteiger partial charge in [-0.1, -0.05) is 18.5 Å². The molecule has 112 valence electrons. The van der Waals surface area contributed by atoms with E-state index in [4.69, 9.17) is 11.6 Å². The van der Waals surface area contributed by atoms with Crippen LogP contribution in [0, 0.1) is 5.82 Å². The van der Waals surface area contributed by atoms with Crippen LogP contribution in [0.4, 0.5) is 10.2 Å². The van der Waals surface area contributed by atoms with Crippen molar-refractivity contribution in [3.8, 4) is 0 Å². The summed E-state index contributed by atoms with van der Waals surface area (Å²) in [5.41, 5.74) is 0.200. The third kappa shape index (κ3) is 4.41. The Hall–Kier alpha value is -1.66. The molecule has 21 heavy (non-hydrogen) atoms. The van der Waals surface area contributed by atoms with Gasteiger partial charge in [-0.05, 0) is 24.6 Å². The molecule has 0 spiro atoms. The van der Waals surface area contributed by atoms with Crippen LogP contribution in [-0.2, 0) is 6.54 Å². The number of amides is 1. The first-order valence-electron chi connectivity index (χ1n) is 6.52. The van der Waals surface area contributed by atoms with Gasteiger partial charge in [0, 0.05) is 11.4 Å².